The van der Waals surface area contributed by atoms with Gasteiger partial charge in [0.15, 0.2) is 0 Å². The van der Waals surface area contributed by atoms with Gasteiger partial charge in [0, 0.05) is 17.6 Å². The van der Waals surface area contributed by atoms with E-state index in [1.807, 2.05) is 25.1 Å². The summed E-state index contributed by atoms with van der Waals surface area (Å²) in [5, 5.41) is 21.5. The van der Waals surface area contributed by atoms with E-state index in [1.165, 1.54) is 0 Å². The van der Waals surface area contributed by atoms with Gasteiger partial charge in [0.25, 0.3) is 5.91 Å². The summed E-state index contributed by atoms with van der Waals surface area (Å²) in [6, 6.07) is 17.4. The summed E-state index contributed by atoms with van der Waals surface area (Å²) in [6.07, 6.45) is 3.08. The number of carbonyl (C=O) groups is 1. The summed E-state index contributed by atoms with van der Waals surface area (Å²) in [7, 11) is 0. The van der Waals surface area contributed by atoms with Crippen LogP contribution in [-0.2, 0) is 0 Å². The maximum Gasteiger partial charge on any atom is 0.251 e. The van der Waals surface area contributed by atoms with Gasteiger partial charge < -0.3 is 9.88 Å². The maximum absolute atomic E-state index is 12.7. The lowest BCUT2D eigenvalue weighted by atomic mass is 9.98. The number of nitrogens with one attached hydrogen (secondary N) is 1. The number of nitriles is 2. The fourth-order valence-electron chi connectivity index (χ4n) is 5.83. The largest absolute Gasteiger partial charge is 0.349 e. The number of hydrogen-bond donors (Lipinski definition) is 1. The van der Waals surface area contributed by atoms with Crippen LogP contribution in [0.5, 0.6) is 0 Å². The van der Waals surface area contributed by atoms with Gasteiger partial charge in [-0.3, -0.25) is 4.79 Å². The van der Waals surface area contributed by atoms with E-state index in [0.717, 1.165) is 36.1 Å². The van der Waals surface area contributed by atoms with Gasteiger partial charge in [-0.15, -0.1) is 0 Å². The smallest absolute Gasteiger partial charge is 0.251 e. The average Bonchev–Trinajstić information content (AvgIpc) is 3.14. The van der Waals surface area contributed by atoms with Crippen LogP contribution in [0.4, 0.5) is 0 Å². The molecule has 1 amide bonds. The number of fused-ring (bicyclic) bond motifs is 2. The molecule has 2 aliphatic carbocycles. The summed E-state index contributed by atoms with van der Waals surface area (Å²) in [5.74, 6) is 2.68. The van der Waals surface area contributed by atoms with Crippen molar-refractivity contribution < 1.29 is 4.79 Å². The minimum absolute atomic E-state index is 0.0663. The summed E-state index contributed by atoms with van der Waals surface area (Å²) in [5.41, 5.74) is 3.81. The second-order valence-electron chi connectivity index (χ2n) is 9.05. The molecule has 2 fully saturated rings. The molecular formula is C26H25N5O. The molecule has 2 unspecified atom stereocenters. The zero-order chi connectivity index (χ0) is 22.4. The van der Waals surface area contributed by atoms with Crippen molar-refractivity contribution in [3.8, 4) is 12.1 Å². The number of rotatable bonds is 5. The van der Waals surface area contributed by atoms with Crippen LogP contribution in [0.15, 0.2) is 42.5 Å². The molecule has 5 atom stereocenters. The van der Waals surface area contributed by atoms with Gasteiger partial charge in [0.2, 0.25) is 0 Å². The molecule has 0 saturated heterocycles. The summed E-state index contributed by atoms with van der Waals surface area (Å²) in [4.78, 5) is 17.4. The van der Waals surface area contributed by atoms with Crippen molar-refractivity contribution in [1.29, 1.82) is 10.5 Å². The molecule has 160 valence electrons. The third-order valence-electron chi connectivity index (χ3n) is 7.34. The number of aryl methyl sites for hydroxylation is 1. The Morgan fingerprint density at radius 1 is 1.12 bits per heavy atom. The van der Waals surface area contributed by atoms with Crippen molar-refractivity contribution in [1.82, 2.24) is 14.9 Å². The number of aromatic nitrogens is 2. The van der Waals surface area contributed by atoms with Gasteiger partial charge in [0.1, 0.15) is 5.82 Å². The van der Waals surface area contributed by atoms with E-state index in [0.29, 0.717) is 40.5 Å². The first kappa shape index (κ1) is 20.3. The third-order valence-corrected chi connectivity index (χ3v) is 7.34. The summed E-state index contributed by atoms with van der Waals surface area (Å²) < 4.78 is 2.32. The molecule has 5 rings (SSSR count). The highest BCUT2D eigenvalue weighted by molar-refractivity contribution is 5.94. The van der Waals surface area contributed by atoms with E-state index in [2.05, 4.69) is 28.9 Å². The second kappa shape index (κ2) is 7.80. The van der Waals surface area contributed by atoms with Crippen LogP contribution in [0.2, 0.25) is 0 Å². The van der Waals surface area contributed by atoms with E-state index < -0.39 is 0 Å². The van der Waals surface area contributed by atoms with Crippen LogP contribution in [0.3, 0.4) is 0 Å². The molecule has 1 aromatic heterocycles. The topological polar surface area (TPSA) is 94.5 Å². The summed E-state index contributed by atoms with van der Waals surface area (Å²) >= 11 is 0. The van der Waals surface area contributed by atoms with E-state index in [-0.39, 0.29) is 11.9 Å². The minimum atomic E-state index is -0.0663. The number of nitrogens with zero attached hydrogens (tertiary/aromatic N) is 4. The van der Waals surface area contributed by atoms with Crippen molar-refractivity contribution in [2.24, 2.45) is 17.8 Å². The fraction of sp³-hybridized carbons (Fsp3) is 0.385. The lowest BCUT2D eigenvalue weighted by Gasteiger charge is -2.23. The molecule has 0 aliphatic heterocycles. The maximum atomic E-state index is 12.7. The lowest BCUT2D eigenvalue weighted by Crippen LogP contribution is -2.37. The molecule has 0 bridgehead atoms. The molecule has 1 heterocycles. The van der Waals surface area contributed by atoms with Crippen molar-refractivity contribution in [3.05, 3.63) is 65.0 Å². The van der Waals surface area contributed by atoms with Gasteiger partial charge in [-0.2, -0.15) is 10.5 Å². The van der Waals surface area contributed by atoms with Crippen LogP contribution in [-0.4, -0.2) is 21.5 Å². The van der Waals surface area contributed by atoms with E-state index in [1.54, 1.807) is 24.3 Å². The molecule has 2 aromatic carbocycles. The lowest BCUT2D eigenvalue weighted by molar-refractivity contribution is 0.0927. The van der Waals surface area contributed by atoms with Crippen LogP contribution in [0.1, 0.15) is 59.5 Å². The Morgan fingerprint density at radius 2 is 1.78 bits per heavy atom. The summed E-state index contributed by atoms with van der Waals surface area (Å²) in [6.45, 7) is 4.17. The van der Waals surface area contributed by atoms with E-state index >= 15 is 0 Å². The first-order valence-electron chi connectivity index (χ1n) is 11.2. The predicted octanol–water partition coefficient (Wildman–Crippen LogP) is 4.49. The third kappa shape index (κ3) is 3.33. The van der Waals surface area contributed by atoms with Crippen molar-refractivity contribution in [2.75, 3.05) is 0 Å². The monoisotopic (exact) mass is 423 g/mol. The van der Waals surface area contributed by atoms with E-state index in [9.17, 15) is 10.1 Å². The second-order valence-corrected chi connectivity index (χ2v) is 9.05. The van der Waals surface area contributed by atoms with Crippen molar-refractivity contribution in [2.45, 2.75) is 45.2 Å². The Hall–Kier alpha value is -3.64. The van der Waals surface area contributed by atoms with E-state index in [4.69, 9.17) is 10.2 Å². The molecule has 0 spiro atoms. The molecule has 6 nitrogen and oxygen atoms in total. The van der Waals surface area contributed by atoms with Crippen LogP contribution in [0, 0.1) is 47.3 Å². The quantitative estimate of drug-likeness (QED) is 0.654. The van der Waals surface area contributed by atoms with Gasteiger partial charge in [0.05, 0.1) is 34.3 Å². The Kier molecular flexibility index (Phi) is 4.94. The van der Waals surface area contributed by atoms with Crippen LogP contribution < -0.4 is 5.32 Å². The highest BCUT2D eigenvalue weighted by atomic mass is 16.1. The molecule has 6 heteroatoms. The highest BCUT2D eigenvalue weighted by Crippen LogP contribution is 2.63. The first-order chi connectivity index (χ1) is 15.5. The van der Waals surface area contributed by atoms with Crippen molar-refractivity contribution >= 4 is 16.9 Å². The highest BCUT2D eigenvalue weighted by Gasteiger charge is 2.59. The Bertz CT molecular complexity index is 1260. The Balaban J connectivity index is 1.28. The number of benzene rings is 2. The van der Waals surface area contributed by atoms with Gasteiger partial charge >= 0.3 is 0 Å². The number of hydrogen-bond acceptors (Lipinski definition) is 4. The molecule has 2 aliphatic rings. The van der Waals surface area contributed by atoms with Crippen molar-refractivity contribution in [3.63, 3.8) is 0 Å². The Morgan fingerprint density at radius 3 is 2.41 bits per heavy atom. The van der Waals surface area contributed by atoms with Gasteiger partial charge in [-0.1, -0.05) is 6.92 Å². The molecule has 2 saturated carbocycles. The molecule has 0 radical (unpaired) electrons. The molecule has 1 N–H and O–H groups in total. The fourth-order valence-corrected chi connectivity index (χ4v) is 5.83. The molecule has 32 heavy (non-hydrogen) atoms. The zero-order valence-corrected chi connectivity index (χ0v) is 18.2. The minimum Gasteiger partial charge on any atom is -0.349 e. The van der Waals surface area contributed by atoms with Gasteiger partial charge in [-0.25, -0.2) is 4.98 Å². The molecular weight excluding hydrogens is 398 g/mol. The number of carbonyl (C=O) groups excluding carboxylic acids is 1. The van der Waals surface area contributed by atoms with Crippen LogP contribution in [0.25, 0.3) is 11.0 Å². The van der Waals surface area contributed by atoms with Gasteiger partial charge in [-0.05, 0) is 86.4 Å². The SMILES string of the molecule is CC[C@@H](NC(=O)c1ccc(C#N)cc1)C1[C@H]2CC(n3c(C)nc4ccc(C#N)cc43)C[C@@H]12. The van der Waals surface area contributed by atoms with Crippen LogP contribution >= 0.6 is 0 Å². The molecule has 3 aromatic rings. The number of imidazole rings is 1. The first-order valence-corrected chi connectivity index (χ1v) is 11.2. The Labute approximate surface area is 187 Å². The standard InChI is InChI=1S/C26H25N5O/c1-3-22(30-26(32)18-7-4-16(13-27)5-8-18)25-20-11-19(12-21(20)25)31-15(2)29-23-9-6-17(14-28)10-24(23)31/h4-10,19-22,25H,3,11-12H2,1-2H3,(H,30,32)/t19?,20-,21+,22-,25?/m1/s1. The zero-order valence-electron chi connectivity index (χ0n) is 18.2. The normalized spacial score (nSPS) is 24.4. The predicted molar refractivity (Wildman–Crippen MR) is 121 cm³/mol. The number of amides is 1. The average molecular weight is 424 g/mol.